The van der Waals surface area contributed by atoms with Gasteiger partial charge in [0.1, 0.15) is 6.20 Å². The van der Waals surface area contributed by atoms with E-state index in [-0.39, 0.29) is 17.5 Å². The van der Waals surface area contributed by atoms with E-state index in [9.17, 15) is 14.9 Å². The molecule has 1 aromatic heterocycles. The molecule has 3 aromatic rings. The van der Waals surface area contributed by atoms with Crippen molar-refractivity contribution in [3.63, 3.8) is 0 Å². The van der Waals surface area contributed by atoms with E-state index in [0.29, 0.717) is 27.3 Å². The van der Waals surface area contributed by atoms with Crippen LogP contribution < -0.4 is 14.4 Å². The standard InChI is InChI=1S/C25H21N3O5S2/c1-4-32-21-12-17(6-9-20(21)33-23-10-8-19(14-26-23)28(30)31)13-22-24(29)27(25(34)35-22)18-7-5-15(2)16(3)11-18/h5-14H,4H2,1-3H3/b22-13-. The monoisotopic (exact) mass is 507 g/mol. The SMILES string of the molecule is CCOc1cc(/C=C2\SC(=S)N(c3ccc(C)c(C)c3)C2=O)ccc1Oc1ccc([N+](=O)[O-])cn1. The fourth-order valence-electron chi connectivity index (χ4n) is 3.33. The Hall–Kier alpha value is -3.76. The summed E-state index contributed by atoms with van der Waals surface area (Å²) < 4.78 is 12.0. The summed E-state index contributed by atoms with van der Waals surface area (Å²) in [6.45, 7) is 6.25. The van der Waals surface area contributed by atoms with Gasteiger partial charge in [-0.2, -0.15) is 0 Å². The minimum Gasteiger partial charge on any atom is -0.490 e. The van der Waals surface area contributed by atoms with Crippen LogP contribution in [0.4, 0.5) is 11.4 Å². The number of hydrogen-bond donors (Lipinski definition) is 0. The molecule has 0 unspecified atom stereocenters. The van der Waals surface area contributed by atoms with Gasteiger partial charge in [-0.1, -0.05) is 36.1 Å². The number of thiocarbonyl (C=S) groups is 1. The lowest BCUT2D eigenvalue weighted by Crippen LogP contribution is -2.27. The minimum atomic E-state index is -0.528. The molecule has 0 bridgehead atoms. The molecule has 0 spiro atoms. The lowest BCUT2D eigenvalue weighted by Gasteiger charge is -2.16. The van der Waals surface area contributed by atoms with E-state index in [0.717, 1.165) is 28.6 Å². The summed E-state index contributed by atoms with van der Waals surface area (Å²) >= 11 is 6.73. The second-order valence-electron chi connectivity index (χ2n) is 7.64. The number of carbonyl (C=O) groups excluding carboxylic acids is 1. The third-order valence-corrected chi connectivity index (χ3v) is 6.56. The Morgan fingerprint density at radius 3 is 2.57 bits per heavy atom. The van der Waals surface area contributed by atoms with Crippen molar-refractivity contribution in [2.24, 2.45) is 0 Å². The van der Waals surface area contributed by atoms with Crippen LogP contribution in [-0.4, -0.2) is 26.7 Å². The van der Waals surface area contributed by atoms with Crippen molar-refractivity contribution >= 4 is 51.7 Å². The quantitative estimate of drug-likeness (QED) is 0.161. The molecular formula is C25H21N3O5S2. The molecule has 0 atom stereocenters. The van der Waals surface area contributed by atoms with Crippen LogP contribution in [0.15, 0.2) is 59.6 Å². The van der Waals surface area contributed by atoms with Gasteiger partial charge in [0, 0.05) is 12.1 Å². The summed E-state index contributed by atoms with van der Waals surface area (Å²) in [6, 6.07) is 13.8. The van der Waals surface area contributed by atoms with Crippen molar-refractivity contribution in [2.45, 2.75) is 20.8 Å². The Morgan fingerprint density at radius 2 is 1.91 bits per heavy atom. The van der Waals surface area contributed by atoms with Crippen LogP contribution in [0.3, 0.4) is 0 Å². The molecule has 1 aliphatic rings. The average molecular weight is 508 g/mol. The number of nitrogens with zero attached hydrogens (tertiary/aromatic N) is 3. The number of rotatable bonds is 7. The largest absolute Gasteiger partial charge is 0.490 e. The summed E-state index contributed by atoms with van der Waals surface area (Å²) in [4.78, 5) is 29.5. The smallest absolute Gasteiger partial charge is 0.287 e. The molecule has 10 heteroatoms. The summed E-state index contributed by atoms with van der Waals surface area (Å²) in [5, 5.41) is 10.8. The van der Waals surface area contributed by atoms with Gasteiger partial charge in [0.2, 0.25) is 5.88 Å². The van der Waals surface area contributed by atoms with Gasteiger partial charge in [0.25, 0.3) is 11.6 Å². The first-order valence-corrected chi connectivity index (χ1v) is 11.9. The molecule has 8 nitrogen and oxygen atoms in total. The molecule has 1 aliphatic heterocycles. The minimum absolute atomic E-state index is 0.129. The molecule has 0 saturated carbocycles. The highest BCUT2D eigenvalue weighted by molar-refractivity contribution is 8.27. The van der Waals surface area contributed by atoms with Crippen LogP contribution in [0.5, 0.6) is 17.4 Å². The molecule has 1 amide bonds. The molecule has 4 rings (SSSR count). The van der Waals surface area contributed by atoms with E-state index < -0.39 is 4.92 Å². The molecule has 2 aromatic carbocycles. The van der Waals surface area contributed by atoms with Crippen LogP contribution in [0.1, 0.15) is 23.6 Å². The van der Waals surface area contributed by atoms with Gasteiger partial charge < -0.3 is 9.47 Å². The Labute approximate surface area is 211 Å². The van der Waals surface area contributed by atoms with Gasteiger partial charge in [0.15, 0.2) is 15.8 Å². The number of aromatic nitrogens is 1. The summed E-state index contributed by atoms with van der Waals surface area (Å²) in [5.41, 5.74) is 3.58. The summed E-state index contributed by atoms with van der Waals surface area (Å²) in [7, 11) is 0. The topological polar surface area (TPSA) is 94.8 Å². The van der Waals surface area contributed by atoms with Crippen molar-refractivity contribution in [3.8, 4) is 17.4 Å². The number of benzene rings is 2. The molecule has 35 heavy (non-hydrogen) atoms. The first-order valence-electron chi connectivity index (χ1n) is 10.7. The number of carbonyl (C=O) groups is 1. The number of ether oxygens (including phenoxy) is 2. The maximum atomic E-state index is 13.1. The Kier molecular flexibility index (Phi) is 7.13. The molecule has 0 aliphatic carbocycles. The second-order valence-corrected chi connectivity index (χ2v) is 9.31. The van der Waals surface area contributed by atoms with Gasteiger partial charge in [-0.15, -0.1) is 0 Å². The first kappa shape index (κ1) is 24.4. The van der Waals surface area contributed by atoms with E-state index in [2.05, 4.69) is 4.98 Å². The van der Waals surface area contributed by atoms with E-state index in [1.165, 1.54) is 23.9 Å². The van der Waals surface area contributed by atoms with Gasteiger partial charge in [-0.05, 0) is 67.8 Å². The molecule has 0 N–H and O–H groups in total. The number of pyridine rings is 1. The highest BCUT2D eigenvalue weighted by atomic mass is 32.2. The van der Waals surface area contributed by atoms with Gasteiger partial charge in [0.05, 0.1) is 22.1 Å². The Bertz CT molecular complexity index is 1360. The molecular weight excluding hydrogens is 486 g/mol. The number of amides is 1. The molecule has 178 valence electrons. The predicted molar refractivity (Wildman–Crippen MR) is 140 cm³/mol. The molecule has 0 radical (unpaired) electrons. The van der Waals surface area contributed by atoms with Gasteiger partial charge >= 0.3 is 0 Å². The maximum Gasteiger partial charge on any atom is 0.287 e. The highest BCUT2D eigenvalue weighted by Gasteiger charge is 2.33. The van der Waals surface area contributed by atoms with Gasteiger partial charge in [-0.25, -0.2) is 4.98 Å². The molecule has 2 heterocycles. The number of nitro groups is 1. The second kappa shape index (κ2) is 10.2. The lowest BCUT2D eigenvalue weighted by atomic mass is 10.1. The number of aryl methyl sites for hydroxylation is 2. The van der Waals surface area contributed by atoms with E-state index >= 15 is 0 Å². The van der Waals surface area contributed by atoms with Crippen molar-refractivity contribution in [3.05, 3.63) is 86.4 Å². The van der Waals surface area contributed by atoms with E-state index in [1.807, 2.05) is 39.0 Å². The Balaban J connectivity index is 1.59. The van der Waals surface area contributed by atoms with Crippen molar-refractivity contribution in [2.75, 3.05) is 11.5 Å². The van der Waals surface area contributed by atoms with Crippen LogP contribution >= 0.6 is 24.0 Å². The van der Waals surface area contributed by atoms with Crippen LogP contribution in [-0.2, 0) is 4.79 Å². The average Bonchev–Trinajstić information content (AvgIpc) is 3.10. The van der Waals surface area contributed by atoms with Crippen LogP contribution in [0, 0.1) is 24.0 Å². The maximum absolute atomic E-state index is 13.1. The van der Waals surface area contributed by atoms with Crippen LogP contribution in [0.25, 0.3) is 6.08 Å². The number of anilines is 1. The first-order chi connectivity index (χ1) is 16.8. The summed E-state index contributed by atoms with van der Waals surface area (Å²) in [6.07, 6.45) is 2.89. The molecule has 1 fully saturated rings. The van der Waals surface area contributed by atoms with Crippen molar-refractivity contribution in [1.29, 1.82) is 0 Å². The highest BCUT2D eigenvalue weighted by Crippen LogP contribution is 2.38. The van der Waals surface area contributed by atoms with Crippen molar-refractivity contribution in [1.82, 2.24) is 4.98 Å². The zero-order valence-corrected chi connectivity index (χ0v) is 20.8. The van der Waals surface area contributed by atoms with Crippen LogP contribution in [0.2, 0.25) is 0 Å². The normalized spacial score (nSPS) is 14.5. The zero-order valence-electron chi connectivity index (χ0n) is 19.2. The van der Waals surface area contributed by atoms with E-state index in [4.69, 9.17) is 21.7 Å². The van der Waals surface area contributed by atoms with E-state index in [1.54, 1.807) is 29.2 Å². The summed E-state index contributed by atoms with van der Waals surface area (Å²) in [5.74, 6) is 0.856. The van der Waals surface area contributed by atoms with Gasteiger partial charge in [-0.3, -0.25) is 19.8 Å². The number of thioether (sulfide) groups is 1. The van der Waals surface area contributed by atoms with Crippen molar-refractivity contribution < 1.29 is 19.2 Å². The Morgan fingerprint density at radius 1 is 1.11 bits per heavy atom. The number of hydrogen-bond acceptors (Lipinski definition) is 8. The predicted octanol–water partition coefficient (Wildman–Crippen LogP) is 6.20. The zero-order chi connectivity index (χ0) is 25.1. The fraction of sp³-hybridized carbons (Fsp3) is 0.160. The third-order valence-electron chi connectivity index (χ3n) is 5.25. The lowest BCUT2D eigenvalue weighted by molar-refractivity contribution is -0.385. The molecule has 1 saturated heterocycles. The third kappa shape index (κ3) is 5.33. The fourth-order valence-corrected chi connectivity index (χ4v) is 4.63.